The van der Waals surface area contributed by atoms with Gasteiger partial charge in [-0.3, -0.25) is 4.79 Å². The molecule has 0 amide bonds. The number of nitrogens with one attached hydrogen (secondary N) is 1. The summed E-state index contributed by atoms with van der Waals surface area (Å²) < 4.78 is 0. The van der Waals surface area contributed by atoms with E-state index < -0.39 is 11.5 Å². The van der Waals surface area contributed by atoms with Crippen molar-refractivity contribution in [3.05, 3.63) is 0 Å². The molecule has 0 aliphatic carbocycles. The molecule has 0 bridgehead atoms. The van der Waals surface area contributed by atoms with Gasteiger partial charge in [0.1, 0.15) is 5.54 Å². The zero-order valence-corrected chi connectivity index (χ0v) is 11.9. The Hall–Kier alpha value is -0.610. The largest absolute Gasteiger partial charge is 0.480 e. The highest BCUT2D eigenvalue weighted by Crippen LogP contribution is 2.13. The molecule has 0 aromatic rings. The molecule has 2 atom stereocenters. The SMILES string of the molecule is CCNC(C)(CCN(CC)C(C)CC)C(=O)O. The highest BCUT2D eigenvalue weighted by molar-refractivity contribution is 5.78. The Morgan fingerprint density at radius 1 is 1.41 bits per heavy atom. The maximum Gasteiger partial charge on any atom is 0.323 e. The Morgan fingerprint density at radius 3 is 2.35 bits per heavy atom. The Labute approximate surface area is 105 Å². The Kier molecular flexibility index (Phi) is 7.39. The lowest BCUT2D eigenvalue weighted by atomic mass is 9.97. The summed E-state index contributed by atoms with van der Waals surface area (Å²) in [5.74, 6) is -0.764. The summed E-state index contributed by atoms with van der Waals surface area (Å²) >= 11 is 0. The van der Waals surface area contributed by atoms with Crippen molar-refractivity contribution in [1.82, 2.24) is 10.2 Å². The Morgan fingerprint density at radius 2 is 2.00 bits per heavy atom. The van der Waals surface area contributed by atoms with E-state index in [9.17, 15) is 9.90 Å². The fourth-order valence-corrected chi connectivity index (χ4v) is 1.98. The molecular weight excluding hydrogens is 216 g/mol. The Balaban J connectivity index is 4.42. The molecule has 0 saturated heterocycles. The van der Waals surface area contributed by atoms with Gasteiger partial charge in [-0.05, 0) is 39.8 Å². The van der Waals surface area contributed by atoms with Crippen LogP contribution in [0.1, 0.15) is 47.5 Å². The highest BCUT2D eigenvalue weighted by atomic mass is 16.4. The summed E-state index contributed by atoms with van der Waals surface area (Å²) in [6.07, 6.45) is 1.73. The van der Waals surface area contributed by atoms with Crippen molar-refractivity contribution in [1.29, 1.82) is 0 Å². The van der Waals surface area contributed by atoms with Crippen LogP contribution in [0.3, 0.4) is 0 Å². The van der Waals surface area contributed by atoms with Crippen molar-refractivity contribution in [3.63, 3.8) is 0 Å². The molecular formula is C13H28N2O2. The van der Waals surface area contributed by atoms with Gasteiger partial charge in [-0.1, -0.05) is 20.8 Å². The van der Waals surface area contributed by atoms with Crippen LogP contribution in [0.2, 0.25) is 0 Å². The number of carboxylic acids is 1. The molecule has 102 valence electrons. The average molecular weight is 244 g/mol. The molecule has 17 heavy (non-hydrogen) atoms. The zero-order valence-electron chi connectivity index (χ0n) is 11.9. The molecule has 0 rings (SSSR count). The molecule has 2 unspecified atom stereocenters. The number of carbonyl (C=O) groups is 1. The van der Waals surface area contributed by atoms with E-state index in [4.69, 9.17) is 0 Å². The number of hydrogen-bond donors (Lipinski definition) is 2. The second kappa shape index (κ2) is 7.67. The number of carboxylic acid groups (broad SMARTS) is 1. The molecule has 0 spiro atoms. The van der Waals surface area contributed by atoms with Crippen LogP contribution in [0.5, 0.6) is 0 Å². The van der Waals surface area contributed by atoms with E-state index in [1.807, 2.05) is 6.92 Å². The van der Waals surface area contributed by atoms with Crippen LogP contribution in [0.25, 0.3) is 0 Å². The highest BCUT2D eigenvalue weighted by Gasteiger charge is 2.32. The first-order chi connectivity index (χ1) is 7.91. The summed E-state index contributed by atoms with van der Waals surface area (Å²) in [4.78, 5) is 13.6. The molecule has 4 nitrogen and oxygen atoms in total. The lowest BCUT2D eigenvalue weighted by Crippen LogP contribution is -2.51. The van der Waals surface area contributed by atoms with Crippen molar-refractivity contribution in [2.75, 3.05) is 19.6 Å². The van der Waals surface area contributed by atoms with Crippen molar-refractivity contribution >= 4 is 5.97 Å². The van der Waals surface area contributed by atoms with Crippen molar-refractivity contribution in [2.24, 2.45) is 0 Å². The van der Waals surface area contributed by atoms with Crippen molar-refractivity contribution in [2.45, 2.75) is 59.0 Å². The summed E-state index contributed by atoms with van der Waals surface area (Å²) in [6, 6.07) is 0.514. The van der Waals surface area contributed by atoms with Crippen LogP contribution in [0.4, 0.5) is 0 Å². The quantitative estimate of drug-likeness (QED) is 0.651. The van der Waals surface area contributed by atoms with Crippen LogP contribution in [-0.4, -0.2) is 47.2 Å². The normalized spacial score (nSPS) is 16.8. The van der Waals surface area contributed by atoms with E-state index in [0.29, 0.717) is 19.0 Å². The summed E-state index contributed by atoms with van der Waals surface area (Å²) in [6.45, 7) is 12.6. The van der Waals surface area contributed by atoms with Gasteiger partial charge in [0.25, 0.3) is 0 Å². The fourth-order valence-electron chi connectivity index (χ4n) is 1.98. The second-order valence-electron chi connectivity index (χ2n) is 4.80. The number of rotatable bonds is 9. The fraction of sp³-hybridized carbons (Fsp3) is 0.923. The predicted molar refractivity (Wildman–Crippen MR) is 71.3 cm³/mol. The van der Waals surface area contributed by atoms with Crippen molar-refractivity contribution in [3.8, 4) is 0 Å². The van der Waals surface area contributed by atoms with Gasteiger partial charge in [0.2, 0.25) is 0 Å². The monoisotopic (exact) mass is 244 g/mol. The summed E-state index contributed by atoms with van der Waals surface area (Å²) in [5, 5.41) is 12.3. The van der Waals surface area contributed by atoms with Crippen LogP contribution in [-0.2, 0) is 4.79 Å². The first-order valence-corrected chi connectivity index (χ1v) is 6.63. The van der Waals surface area contributed by atoms with E-state index >= 15 is 0 Å². The van der Waals surface area contributed by atoms with Gasteiger partial charge in [-0.15, -0.1) is 0 Å². The average Bonchev–Trinajstić information content (AvgIpc) is 2.29. The Bertz CT molecular complexity index is 233. The van der Waals surface area contributed by atoms with Gasteiger partial charge in [-0.25, -0.2) is 0 Å². The molecule has 2 N–H and O–H groups in total. The van der Waals surface area contributed by atoms with Crippen LogP contribution in [0.15, 0.2) is 0 Å². The van der Waals surface area contributed by atoms with E-state index in [-0.39, 0.29) is 0 Å². The number of aliphatic carboxylic acids is 1. The summed E-state index contributed by atoms with van der Waals surface area (Å²) in [7, 11) is 0. The minimum Gasteiger partial charge on any atom is -0.480 e. The molecule has 0 fully saturated rings. The van der Waals surface area contributed by atoms with Gasteiger partial charge >= 0.3 is 5.97 Å². The van der Waals surface area contributed by atoms with Crippen LogP contribution in [0, 0.1) is 0 Å². The maximum atomic E-state index is 11.3. The molecule has 0 heterocycles. The molecule has 0 aliphatic heterocycles. The smallest absolute Gasteiger partial charge is 0.323 e. The number of likely N-dealkylation sites (N-methyl/N-ethyl adjacent to an activating group) is 1. The summed E-state index contributed by atoms with van der Waals surface area (Å²) in [5.41, 5.74) is -0.810. The first kappa shape index (κ1) is 16.4. The van der Waals surface area contributed by atoms with E-state index in [1.165, 1.54) is 0 Å². The molecule has 4 heteroatoms. The van der Waals surface area contributed by atoms with Gasteiger partial charge in [0, 0.05) is 12.6 Å². The third kappa shape index (κ3) is 5.04. The van der Waals surface area contributed by atoms with Crippen molar-refractivity contribution < 1.29 is 9.90 Å². The third-order valence-corrected chi connectivity index (χ3v) is 3.56. The maximum absolute atomic E-state index is 11.3. The standard InChI is InChI=1S/C13H28N2O2/c1-6-11(4)15(8-3)10-9-13(5,12(16)17)14-7-2/h11,14H,6-10H2,1-5H3,(H,16,17). The molecule has 0 aliphatic rings. The third-order valence-electron chi connectivity index (χ3n) is 3.56. The lowest BCUT2D eigenvalue weighted by Gasteiger charge is -2.32. The number of nitrogens with zero attached hydrogens (tertiary/aromatic N) is 1. The predicted octanol–water partition coefficient (Wildman–Crippen LogP) is 1.95. The first-order valence-electron chi connectivity index (χ1n) is 6.63. The van der Waals surface area contributed by atoms with Crippen LogP contribution >= 0.6 is 0 Å². The van der Waals surface area contributed by atoms with E-state index in [2.05, 4.69) is 31.0 Å². The minimum absolute atomic E-state index is 0.514. The van der Waals surface area contributed by atoms with Crippen LogP contribution < -0.4 is 5.32 Å². The van der Waals surface area contributed by atoms with Gasteiger partial charge in [0.05, 0.1) is 0 Å². The zero-order chi connectivity index (χ0) is 13.5. The van der Waals surface area contributed by atoms with Gasteiger partial charge < -0.3 is 15.3 Å². The number of hydrogen-bond acceptors (Lipinski definition) is 3. The van der Waals surface area contributed by atoms with E-state index in [1.54, 1.807) is 6.92 Å². The minimum atomic E-state index is -0.810. The van der Waals surface area contributed by atoms with Gasteiger partial charge in [-0.2, -0.15) is 0 Å². The molecule has 0 saturated carbocycles. The topological polar surface area (TPSA) is 52.6 Å². The lowest BCUT2D eigenvalue weighted by molar-refractivity contribution is -0.144. The molecule has 0 radical (unpaired) electrons. The molecule has 0 aromatic heterocycles. The van der Waals surface area contributed by atoms with E-state index in [0.717, 1.165) is 19.5 Å². The molecule has 0 aromatic carbocycles. The second-order valence-corrected chi connectivity index (χ2v) is 4.80. The van der Waals surface area contributed by atoms with Gasteiger partial charge in [0.15, 0.2) is 0 Å².